The minimum atomic E-state index is -3.28. The van der Waals surface area contributed by atoms with E-state index >= 15 is 0 Å². The fourth-order valence-corrected chi connectivity index (χ4v) is 8.13. The van der Waals surface area contributed by atoms with E-state index in [1.54, 1.807) is 15.6 Å². The molecule has 5 rings (SSSR count). The number of ether oxygens (including phenoxy) is 1. The lowest BCUT2D eigenvalue weighted by molar-refractivity contribution is 0.0380. The first-order valence-electron chi connectivity index (χ1n) is 13.3. The molecule has 4 heterocycles. The number of H-pyrrole nitrogens is 1. The van der Waals surface area contributed by atoms with Gasteiger partial charge in [-0.2, -0.15) is 0 Å². The van der Waals surface area contributed by atoms with E-state index in [4.69, 9.17) is 10.5 Å². The van der Waals surface area contributed by atoms with Crippen LogP contribution in [-0.2, 0) is 21.3 Å². The number of carbonyl (C=O) groups excluding carboxylic acids is 1. The highest BCUT2D eigenvalue weighted by molar-refractivity contribution is 7.89. The average Bonchev–Trinajstić information content (AvgIpc) is 3.56. The standard InChI is InChI=1S/C27H37N5O4S2/c1-29-17-21-3-4-25(37-21)20-15-22-24(18-30-26(22)23(16-20)27(28)33)19-5-8-32(9-6-19)38(34,35)14-2-7-31-10-12-36-13-11-31/h3-4,15-16,18-19,29-30H,2,5-14,17H2,1H3,(H2,28,33). The second-order valence-electron chi connectivity index (χ2n) is 10.1. The fraction of sp³-hybridized carbons (Fsp3) is 0.519. The number of rotatable bonds is 10. The number of benzene rings is 1. The second-order valence-corrected chi connectivity index (χ2v) is 13.4. The maximum Gasteiger partial charge on any atom is 0.250 e. The summed E-state index contributed by atoms with van der Waals surface area (Å²) in [7, 11) is -1.36. The van der Waals surface area contributed by atoms with Crippen molar-refractivity contribution in [3.05, 3.63) is 46.5 Å². The molecule has 11 heteroatoms. The summed E-state index contributed by atoms with van der Waals surface area (Å²) in [6, 6.07) is 8.18. The van der Waals surface area contributed by atoms with E-state index in [-0.39, 0.29) is 11.7 Å². The topological polar surface area (TPSA) is 121 Å². The Balaban J connectivity index is 1.29. The fourth-order valence-electron chi connectivity index (χ4n) is 5.60. The van der Waals surface area contributed by atoms with Crippen molar-refractivity contribution < 1.29 is 17.9 Å². The van der Waals surface area contributed by atoms with Crippen molar-refractivity contribution in [2.45, 2.75) is 31.7 Å². The lowest BCUT2D eigenvalue weighted by atomic mass is 9.89. The molecule has 38 heavy (non-hydrogen) atoms. The molecule has 0 spiro atoms. The number of primary amides is 1. The molecule has 206 valence electrons. The van der Waals surface area contributed by atoms with Crippen LogP contribution >= 0.6 is 11.3 Å². The van der Waals surface area contributed by atoms with Gasteiger partial charge in [-0.3, -0.25) is 9.69 Å². The number of aromatic amines is 1. The van der Waals surface area contributed by atoms with Gasteiger partial charge in [-0.25, -0.2) is 12.7 Å². The van der Waals surface area contributed by atoms with E-state index < -0.39 is 15.9 Å². The zero-order valence-corrected chi connectivity index (χ0v) is 23.5. The Bertz CT molecular complexity index is 1370. The van der Waals surface area contributed by atoms with Crippen LogP contribution < -0.4 is 11.1 Å². The normalized spacial score (nSPS) is 18.3. The van der Waals surface area contributed by atoms with Gasteiger partial charge in [0.2, 0.25) is 10.0 Å². The van der Waals surface area contributed by atoms with Crippen LogP contribution in [0.5, 0.6) is 0 Å². The quantitative estimate of drug-likeness (QED) is 0.351. The monoisotopic (exact) mass is 559 g/mol. The number of piperidine rings is 1. The van der Waals surface area contributed by atoms with Gasteiger partial charge in [0.15, 0.2) is 0 Å². The van der Waals surface area contributed by atoms with E-state index in [2.05, 4.69) is 33.4 Å². The zero-order chi connectivity index (χ0) is 26.7. The number of morpholine rings is 1. The molecule has 0 radical (unpaired) electrons. The Morgan fingerprint density at radius 2 is 1.95 bits per heavy atom. The van der Waals surface area contributed by atoms with Gasteiger partial charge in [0.25, 0.3) is 5.91 Å². The van der Waals surface area contributed by atoms with Crippen LogP contribution in [0.15, 0.2) is 30.5 Å². The Morgan fingerprint density at radius 3 is 2.66 bits per heavy atom. The first-order valence-corrected chi connectivity index (χ1v) is 15.7. The van der Waals surface area contributed by atoms with Crippen LogP contribution in [0, 0.1) is 0 Å². The predicted octanol–water partition coefficient (Wildman–Crippen LogP) is 2.95. The SMILES string of the molecule is CNCc1ccc(-c2cc(C(N)=O)c3[nH]cc(C4CCN(S(=O)(=O)CCCN5CCOCC5)CC4)c3c2)s1. The Kier molecular flexibility index (Phi) is 8.51. The molecule has 0 atom stereocenters. The van der Waals surface area contributed by atoms with Crippen molar-refractivity contribution in [2.24, 2.45) is 5.73 Å². The van der Waals surface area contributed by atoms with E-state index in [1.807, 2.05) is 19.3 Å². The van der Waals surface area contributed by atoms with Crippen molar-refractivity contribution in [3.63, 3.8) is 0 Å². The summed E-state index contributed by atoms with van der Waals surface area (Å²) in [5.41, 5.74) is 9.10. The Hall–Kier alpha value is -2.28. The van der Waals surface area contributed by atoms with Gasteiger partial charge in [-0.1, -0.05) is 0 Å². The molecular formula is C27H37N5O4S2. The molecule has 0 aliphatic carbocycles. The molecule has 3 aromatic rings. The molecule has 2 aliphatic heterocycles. The minimum absolute atomic E-state index is 0.184. The highest BCUT2D eigenvalue weighted by Gasteiger charge is 2.30. The molecule has 2 aromatic heterocycles. The number of amides is 1. The molecule has 2 saturated heterocycles. The number of fused-ring (bicyclic) bond motifs is 1. The first-order chi connectivity index (χ1) is 18.4. The third-order valence-corrected chi connectivity index (χ3v) is 10.7. The second kappa shape index (κ2) is 11.8. The zero-order valence-electron chi connectivity index (χ0n) is 21.9. The summed E-state index contributed by atoms with van der Waals surface area (Å²) < 4.78 is 33.1. The van der Waals surface area contributed by atoms with Crippen molar-refractivity contribution in [1.29, 1.82) is 0 Å². The smallest absolute Gasteiger partial charge is 0.250 e. The molecule has 1 aromatic carbocycles. The van der Waals surface area contributed by atoms with Crippen molar-refractivity contribution in [3.8, 4) is 10.4 Å². The molecule has 4 N–H and O–H groups in total. The van der Waals surface area contributed by atoms with Crippen LogP contribution in [0.3, 0.4) is 0 Å². The van der Waals surface area contributed by atoms with Gasteiger partial charge in [-0.05, 0) is 74.2 Å². The van der Waals surface area contributed by atoms with Gasteiger partial charge >= 0.3 is 0 Å². The number of nitrogens with one attached hydrogen (secondary N) is 2. The third-order valence-electron chi connectivity index (χ3n) is 7.65. The van der Waals surface area contributed by atoms with Crippen molar-refractivity contribution in [2.75, 3.05) is 58.7 Å². The van der Waals surface area contributed by atoms with Crippen molar-refractivity contribution >= 4 is 38.2 Å². The summed E-state index contributed by atoms with van der Waals surface area (Å²) in [5, 5.41) is 4.17. The van der Waals surface area contributed by atoms with Crippen LogP contribution in [0.4, 0.5) is 0 Å². The maximum atomic E-state index is 13.0. The van der Waals surface area contributed by atoms with E-state index in [9.17, 15) is 13.2 Å². The number of hydrogen-bond acceptors (Lipinski definition) is 7. The highest BCUT2D eigenvalue weighted by atomic mass is 32.2. The minimum Gasteiger partial charge on any atom is -0.379 e. The van der Waals surface area contributed by atoms with Gasteiger partial charge in [-0.15, -0.1) is 11.3 Å². The molecule has 2 aliphatic rings. The van der Waals surface area contributed by atoms with Crippen LogP contribution in [-0.4, -0.2) is 87.3 Å². The number of carbonyl (C=O) groups is 1. The molecule has 0 saturated carbocycles. The summed E-state index contributed by atoms with van der Waals surface area (Å²) in [4.78, 5) is 20.2. The lowest BCUT2D eigenvalue weighted by Crippen LogP contribution is -2.41. The van der Waals surface area contributed by atoms with Gasteiger partial charge in [0.1, 0.15) is 0 Å². The molecule has 9 nitrogen and oxygen atoms in total. The molecule has 1 amide bonds. The maximum absolute atomic E-state index is 13.0. The summed E-state index contributed by atoms with van der Waals surface area (Å²) in [6.07, 6.45) is 4.11. The van der Waals surface area contributed by atoms with Crippen molar-refractivity contribution in [1.82, 2.24) is 19.5 Å². The molecule has 0 unspecified atom stereocenters. The number of aromatic nitrogens is 1. The molecular weight excluding hydrogens is 522 g/mol. The lowest BCUT2D eigenvalue weighted by Gasteiger charge is -2.32. The van der Waals surface area contributed by atoms with Gasteiger partial charge in [0.05, 0.1) is 30.0 Å². The number of hydrogen-bond donors (Lipinski definition) is 3. The summed E-state index contributed by atoms with van der Waals surface area (Å²) >= 11 is 1.69. The first kappa shape index (κ1) is 27.3. The number of sulfonamides is 1. The summed E-state index contributed by atoms with van der Waals surface area (Å²) in [6.45, 7) is 5.80. The van der Waals surface area contributed by atoms with Crippen LogP contribution in [0.25, 0.3) is 21.3 Å². The van der Waals surface area contributed by atoms with Gasteiger partial charge < -0.3 is 20.8 Å². The van der Waals surface area contributed by atoms with E-state index in [0.717, 1.165) is 79.1 Å². The van der Waals surface area contributed by atoms with E-state index in [1.165, 1.54) is 4.88 Å². The molecule has 2 fully saturated rings. The Morgan fingerprint density at radius 1 is 1.18 bits per heavy atom. The Labute approximate surface area is 228 Å². The van der Waals surface area contributed by atoms with Crippen LogP contribution in [0.2, 0.25) is 0 Å². The number of nitrogens with zero attached hydrogens (tertiary/aromatic N) is 2. The van der Waals surface area contributed by atoms with Crippen LogP contribution in [0.1, 0.15) is 46.0 Å². The summed E-state index contributed by atoms with van der Waals surface area (Å²) in [5.74, 6) is -0.0676. The largest absolute Gasteiger partial charge is 0.379 e. The highest BCUT2D eigenvalue weighted by Crippen LogP contribution is 2.38. The third kappa shape index (κ3) is 5.98. The van der Waals surface area contributed by atoms with E-state index in [0.29, 0.717) is 25.1 Å². The average molecular weight is 560 g/mol. The number of nitrogens with two attached hydrogens (primary N) is 1. The van der Waals surface area contributed by atoms with Gasteiger partial charge in [0, 0.05) is 54.1 Å². The number of thiophene rings is 1. The predicted molar refractivity (Wildman–Crippen MR) is 152 cm³/mol. The molecule has 0 bridgehead atoms.